The number of aliphatic hydroxyl groups is 3. The van der Waals surface area contributed by atoms with Crippen LogP contribution in [-0.2, 0) is 0 Å². The highest BCUT2D eigenvalue weighted by molar-refractivity contribution is 5.89. The molecule has 0 aromatic heterocycles. The van der Waals surface area contributed by atoms with E-state index in [0.29, 0.717) is 43.7 Å². The van der Waals surface area contributed by atoms with Gasteiger partial charge in [0, 0.05) is 19.8 Å². The predicted molar refractivity (Wildman–Crippen MR) is 196 cm³/mol. The lowest BCUT2D eigenvalue weighted by Gasteiger charge is -2.18. The van der Waals surface area contributed by atoms with Gasteiger partial charge in [0.2, 0.25) is 5.75 Å². The molecule has 0 unspecified atom stereocenters. The Morgan fingerprint density at radius 1 is 0.396 bits per heavy atom. The highest BCUT2D eigenvalue weighted by Crippen LogP contribution is 2.39. The summed E-state index contributed by atoms with van der Waals surface area (Å²) in [7, 11) is 0. The average Bonchev–Trinajstić information content (AvgIpc) is 3.08. The van der Waals surface area contributed by atoms with Crippen molar-refractivity contribution in [3.8, 4) is 17.2 Å². The minimum absolute atomic E-state index is 0.147. The molecule has 0 bridgehead atoms. The maximum atomic E-state index is 12.0. The lowest BCUT2D eigenvalue weighted by atomic mass is 10.1. The Labute approximate surface area is 293 Å². The van der Waals surface area contributed by atoms with Crippen molar-refractivity contribution in [1.29, 1.82) is 0 Å². The predicted octanol–water partition coefficient (Wildman–Crippen LogP) is 10.0. The molecule has 4 N–H and O–H groups in total. The van der Waals surface area contributed by atoms with Gasteiger partial charge in [0.25, 0.3) is 0 Å². The third kappa shape index (κ3) is 25.0. The van der Waals surface area contributed by atoms with Crippen LogP contribution >= 0.6 is 0 Å². The number of carboxylic acids is 1. The summed E-state index contributed by atoms with van der Waals surface area (Å²) < 4.78 is 18.6. The molecule has 0 saturated carbocycles. The van der Waals surface area contributed by atoms with E-state index in [-0.39, 0.29) is 18.8 Å². The lowest BCUT2D eigenvalue weighted by Crippen LogP contribution is -2.08. The molecule has 1 rings (SSSR count). The van der Waals surface area contributed by atoms with Crippen molar-refractivity contribution >= 4 is 5.97 Å². The normalized spacial score (nSPS) is 11.2. The first-order valence-electron chi connectivity index (χ1n) is 19.8. The molecule has 48 heavy (non-hydrogen) atoms. The van der Waals surface area contributed by atoms with Crippen molar-refractivity contribution in [1.82, 2.24) is 0 Å². The molecule has 0 aliphatic rings. The van der Waals surface area contributed by atoms with Crippen LogP contribution in [0.2, 0.25) is 0 Å². The summed E-state index contributed by atoms with van der Waals surface area (Å²) in [6.07, 6.45) is 30.0. The van der Waals surface area contributed by atoms with Crippen molar-refractivity contribution in [3.05, 3.63) is 17.7 Å². The topological polar surface area (TPSA) is 126 Å². The van der Waals surface area contributed by atoms with Gasteiger partial charge in [-0.15, -0.1) is 0 Å². The van der Waals surface area contributed by atoms with E-state index in [2.05, 4.69) is 0 Å². The van der Waals surface area contributed by atoms with E-state index >= 15 is 0 Å². The van der Waals surface area contributed by atoms with Gasteiger partial charge in [-0.2, -0.15) is 0 Å². The van der Waals surface area contributed by atoms with Crippen LogP contribution < -0.4 is 14.2 Å². The van der Waals surface area contributed by atoms with Crippen LogP contribution in [0.3, 0.4) is 0 Å². The van der Waals surface area contributed by atoms with Gasteiger partial charge in [-0.05, 0) is 50.7 Å². The SMILES string of the molecule is O=C(O)c1cc(OCCCCCCCCCCCO)c(OCCCCCCCCCCCO)c(OCCCCCCCCCCCO)c1. The van der Waals surface area contributed by atoms with Crippen molar-refractivity contribution < 1.29 is 39.4 Å². The second kappa shape index (κ2) is 33.5. The average molecular weight is 681 g/mol. The van der Waals surface area contributed by atoms with Crippen LogP contribution in [0.1, 0.15) is 184 Å². The number of aliphatic hydroxyl groups excluding tert-OH is 3. The zero-order valence-corrected chi connectivity index (χ0v) is 30.4. The summed E-state index contributed by atoms with van der Waals surface area (Å²) in [5.74, 6) is 0.427. The van der Waals surface area contributed by atoms with Gasteiger partial charge in [-0.25, -0.2) is 4.79 Å². The van der Waals surface area contributed by atoms with Crippen molar-refractivity contribution in [2.45, 2.75) is 173 Å². The van der Waals surface area contributed by atoms with Gasteiger partial charge >= 0.3 is 5.97 Å². The molecule has 0 amide bonds. The van der Waals surface area contributed by atoms with E-state index in [1.807, 2.05) is 0 Å². The van der Waals surface area contributed by atoms with Crippen LogP contribution in [0.25, 0.3) is 0 Å². The quantitative estimate of drug-likeness (QED) is 0.0512. The molecule has 0 radical (unpaired) electrons. The largest absolute Gasteiger partial charge is 0.490 e. The third-order valence-electron chi connectivity index (χ3n) is 8.94. The Kier molecular flexibility index (Phi) is 30.7. The second-order valence-corrected chi connectivity index (χ2v) is 13.4. The van der Waals surface area contributed by atoms with E-state index < -0.39 is 5.97 Å². The van der Waals surface area contributed by atoms with Gasteiger partial charge in [0.05, 0.1) is 25.4 Å². The molecule has 0 spiro atoms. The molecule has 8 heteroatoms. The van der Waals surface area contributed by atoms with Gasteiger partial charge < -0.3 is 34.6 Å². The maximum absolute atomic E-state index is 12.0. The Bertz CT molecular complexity index is 815. The Morgan fingerprint density at radius 3 is 0.917 bits per heavy atom. The van der Waals surface area contributed by atoms with Crippen LogP contribution in [-0.4, -0.2) is 66.0 Å². The summed E-state index contributed by atoms with van der Waals surface area (Å²) in [6, 6.07) is 3.16. The zero-order chi connectivity index (χ0) is 34.8. The van der Waals surface area contributed by atoms with Crippen molar-refractivity contribution in [2.24, 2.45) is 0 Å². The number of hydrogen-bond donors (Lipinski definition) is 4. The highest BCUT2D eigenvalue weighted by Gasteiger charge is 2.19. The summed E-state index contributed by atoms with van der Waals surface area (Å²) >= 11 is 0. The first kappa shape index (κ1) is 44.0. The molecule has 0 aliphatic heterocycles. The van der Waals surface area contributed by atoms with Crippen molar-refractivity contribution in [2.75, 3.05) is 39.6 Å². The molecule has 0 saturated heterocycles. The van der Waals surface area contributed by atoms with Gasteiger partial charge in [0.1, 0.15) is 0 Å². The number of benzene rings is 1. The summed E-state index contributed by atoms with van der Waals surface area (Å²) in [5.41, 5.74) is 0.147. The van der Waals surface area contributed by atoms with Gasteiger partial charge in [-0.3, -0.25) is 0 Å². The summed E-state index contributed by atoms with van der Waals surface area (Å²) in [5, 5.41) is 36.6. The summed E-state index contributed by atoms with van der Waals surface area (Å²) in [6.45, 7) is 2.42. The molecular weight excluding hydrogens is 608 g/mol. The first-order valence-corrected chi connectivity index (χ1v) is 19.8. The van der Waals surface area contributed by atoms with Crippen LogP contribution in [0.4, 0.5) is 0 Å². The Morgan fingerprint density at radius 2 is 0.646 bits per heavy atom. The molecule has 8 nitrogen and oxygen atoms in total. The van der Waals surface area contributed by atoms with Crippen LogP contribution in [0, 0.1) is 0 Å². The van der Waals surface area contributed by atoms with E-state index in [1.54, 1.807) is 12.1 Å². The van der Waals surface area contributed by atoms with Crippen molar-refractivity contribution in [3.63, 3.8) is 0 Å². The minimum atomic E-state index is -1.01. The maximum Gasteiger partial charge on any atom is 0.335 e. The number of carboxylic acid groups (broad SMARTS) is 1. The van der Waals surface area contributed by atoms with E-state index in [4.69, 9.17) is 29.5 Å². The Balaban J connectivity index is 2.61. The number of aromatic carboxylic acids is 1. The van der Waals surface area contributed by atoms with Crippen LogP contribution in [0.15, 0.2) is 12.1 Å². The zero-order valence-electron chi connectivity index (χ0n) is 30.4. The fraction of sp³-hybridized carbons (Fsp3) is 0.825. The standard InChI is InChI=1S/C40H72O8/c41-28-22-16-10-4-1-7-13-19-25-31-46-37-34-36(40(44)45)35-38(47-32-26-20-14-8-2-5-11-17-23-29-42)39(37)48-33-27-21-15-9-3-6-12-18-24-30-43/h34-35,41-43H,1-33H2,(H,44,45). The number of carbonyl (C=O) groups is 1. The molecule has 1 aromatic rings. The fourth-order valence-corrected chi connectivity index (χ4v) is 5.95. The molecule has 0 heterocycles. The monoisotopic (exact) mass is 681 g/mol. The Hall–Kier alpha value is -2.03. The smallest absolute Gasteiger partial charge is 0.335 e. The van der Waals surface area contributed by atoms with Gasteiger partial charge in [0.15, 0.2) is 11.5 Å². The molecule has 0 atom stereocenters. The molecule has 0 fully saturated rings. The van der Waals surface area contributed by atoms with E-state index in [9.17, 15) is 9.90 Å². The van der Waals surface area contributed by atoms with E-state index in [1.165, 1.54) is 83.5 Å². The third-order valence-corrected chi connectivity index (χ3v) is 8.94. The van der Waals surface area contributed by atoms with Crippen LogP contribution in [0.5, 0.6) is 17.2 Å². The highest BCUT2D eigenvalue weighted by atomic mass is 16.5. The molecule has 0 aliphatic carbocycles. The number of hydrogen-bond acceptors (Lipinski definition) is 7. The minimum Gasteiger partial charge on any atom is -0.490 e. The molecule has 1 aromatic carbocycles. The number of ether oxygens (including phenoxy) is 3. The molecular formula is C40H72O8. The first-order chi connectivity index (χ1) is 23.6. The van der Waals surface area contributed by atoms with Gasteiger partial charge in [-0.1, -0.05) is 135 Å². The number of rotatable bonds is 37. The second-order valence-electron chi connectivity index (χ2n) is 13.4. The molecule has 280 valence electrons. The van der Waals surface area contributed by atoms with E-state index in [0.717, 1.165) is 89.9 Å². The summed E-state index contributed by atoms with van der Waals surface area (Å²) in [4.78, 5) is 12.0. The number of unbranched alkanes of at least 4 members (excludes halogenated alkanes) is 24. The fourth-order valence-electron chi connectivity index (χ4n) is 5.95. The lowest BCUT2D eigenvalue weighted by molar-refractivity contribution is 0.0695.